The van der Waals surface area contributed by atoms with Gasteiger partial charge in [-0.1, -0.05) is 13.8 Å². The molecule has 30 heavy (non-hydrogen) atoms. The van der Waals surface area contributed by atoms with E-state index >= 15 is 0 Å². The molecular weight excluding hydrogens is 419 g/mol. The van der Waals surface area contributed by atoms with Crippen LogP contribution in [0.3, 0.4) is 0 Å². The van der Waals surface area contributed by atoms with Gasteiger partial charge >= 0.3 is 15.6 Å². The first-order chi connectivity index (χ1) is 13.8. The monoisotopic (exact) mass is 449 g/mol. The zero-order valence-electron chi connectivity index (χ0n) is 17.7. The number of fused-ring (bicyclic) bond motifs is 5. The van der Waals surface area contributed by atoms with E-state index in [-0.39, 0.29) is 23.0 Å². The fourth-order valence-electron chi connectivity index (χ4n) is 7.05. The number of likely N-dealkylation sites (tertiary alicyclic amines) is 1. The second-order valence-electron chi connectivity index (χ2n) is 10.2. The molecule has 0 aromatic heterocycles. The maximum absolute atomic E-state index is 12.9. The van der Waals surface area contributed by atoms with Crippen molar-refractivity contribution < 1.29 is 30.6 Å². The van der Waals surface area contributed by atoms with Gasteiger partial charge in [-0.2, -0.15) is 21.6 Å². The molecule has 3 aliphatic carbocycles. The smallest absolute Gasteiger partial charge is 0.380 e. The van der Waals surface area contributed by atoms with E-state index in [1.165, 1.54) is 0 Å². The van der Waals surface area contributed by atoms with E-state index < -0.39 is 21.0 Å². The molecule has 0 aromatic rings. The molecule has 6 atom stereocenters. The number of alkyl halides is 3. The van der Waals surface area contributed by atoms with Crippen LogP contribution >= 0.6 is 0 Å². The van der Waals surface area contributed by atoms with E-state index in [0.29, 0.717) is 37.0 Å². The van der Waals surface area contributed by atoms with E-state index in [1.807, 2.05) is 18.9 Å². The van der Waals surface area contributed by atoms with Crippen molar-refractivity contribution >= 4 is 16.0 Å². The van der Waals surface area contributed by atoms with Gasteiger partial charge in [-0.3, -0.25) is 4.79 Å². The molecule has 1 saturated heterocycles. The van der Waals surface area contributed by atoms with Gasteiger partial charge in [0, 0.05) is 25.4 Å². The van der Waals surface area contributed by atoms with Crippen molar-refractivity contribution in [1.29, 1.82) is 0 Å². The van der Waals surface area contributed by atoms with Crippen LogP contribution in [0.15, 0.2) is 11.8 Å². The molecular formula is C21H30F3NO4S. The largest absolute Gasteiger partial charge is 0.534 e. The predicted molar refractivity (Wildman–Crippen MR) is 104 cm³/mol. The summed E-state index contributed by atoms with van der Waals surface area (Å²) in [5.41, 5.74) is -6.10. The van der Waals surface area contributed by atoms with Crippen LogP contribution in [-0.4, -0.2) is 38.3 Å². The van der Waals surface area contributed by atoms with Crippen LogP contribution in [-0.2, 0) is 19.1 Å². The van der Waals surface area contributed by atoms with Crippen molar-refractivity contribution in [1.82, 2.24) is 4.90 Å². The summed E-state index contributed by atoms with van der Waals surface area (Å²) in [6.45, 7) is 4.91. The van der Waals surface area contributed by atoms with Crippen LogP contribution in [0.25, 0.3) is 0 Å². The molecule has 0 N–H and O–H groups in total. The summed E-state index contributed by atoms with van der Waals surface area (Å²) in [6.07, 6.45) is 6.84. The molecule has 170 valence electrons. The highest BCUT2D eigenvalue weighted by molar-refractivity contribution is 7.87. The van der Waals surface area contributed by atoms with E-state index in [0.717, 1.165) is 32.2 Å². The van der Waals surface area contributed by atoms with Crippen molar-refractivity contribution in [3.63, 3.8) is 0 Å². The molecule has 5 nitrogen and oxygen atoms in total. The third-order valence-corrected chi connectivity index (χ3v) is 9.82. The first-order valence-corrected chi connectivity index (χ1v) is 12.2. The first-order valence-electron chi connectivity index (χ1n) is 10.7. The molecule has 1 aliphatic heterocycles. The Morgan fingerprint density at radius 1 is 1.13 bits per heavy atom. The summed E-state index contributed by atoms with van der Waals surface area (Å²) in [6, 6.07) is 0. The summed E-state index contributed by atoms with van der Waals surface area (Å²) in [4.78, 5) is 14.1. The minimum atomic E-state index is -5.66. The molecule has 0 bridgehead atoms. The van der Waals surface area contributed by atoms with Crippen LogP contribution in [0.4, 0.5) is 13.2 Å². The lowest BCUT2D eigenvalue weighted by atomic mass is 9.47. The number of carbonyl (C=O) groups is 1. The van der Waals surface area contributed by atoms with Crippen LogP contribution in [0.5, 0.6) is 0 Å². The Morgan fingerprint density at radius 2 is 1.83 bits per heavy atom. The summed E-state index contributed by atoms with van der Waals surface area (Å²) in [5.74, 6) is 1.33. The predicted octanol–water partition coefficient (Wildman–Crippen LogP) is 4.46. The Bertz CT molecular complexity index is 870. The number of hydrogen-bond donors (Lipinski definition) is 0. The molecule has 0 aromatic carbocycles. The Balaban J connectivity index is 1.58. The maximum Gasteiger partial charge on any atom is 0.534 e. The number of rotatable bonds is 2. The third-order valence-electron chi connectivity index (χ3n) is 8.86. The van der Waals surface area contributed by atoms with Crippen LogP contribution in [0, 0.1) is 34.5 Å². The topological polar surface area (TPSA) is 63.7 Å². The number of halogens is 3. The minimum Gasteiger partial charge on any atom is -0.380 e. The SMILES string of the molecule is CN1C[C@@H]2CC[C@@H]3[C@H](CC[C@]4(C)C(OS(=O)(=O)C(F)(F)F)=CC[C@@H]34)[C@@]2(C)CCC1=O. The molecule has 1 amide bonds. The quantitative estimate of drug-likeness (QED) is 0.461. The Labute approximate surface area is 176 Å². The fraction of sp³-hybridized carbons (Fsp3) is 0.857. The first kappa shape index (κ1) is 22.0. The van der Waals surface area contributed by atoms with E-state index in [4.69, 9.17) is 0 Å². The van der Waals surface area contributed by atoms with E-state index in [2.05, 4.69) is 11.1 Å². The highest BCUT2D eigenvalue weighted by Gasteiger charge is 2.60. The summed E-state index contributed by atoms with van der Waals surface area (Å²) >= 11 is 0. The molecule has 4 aliphatic rings. The molecule has 4 rings (SSSR count). The van der Waals surface area contributed by atoms with Crippen molar-refractivity contribution in [2.45, 2.75) is 64.3 Å². The average Bonchev–Trinajstić information content (AvgIpc) is 2.91. The fourth-order valence-corrected chi connectivity index (χ4v) is 7.64. The standard InChI is InChI=1S/C21H30F3NO4S/c1-19-11-9-18(26)25(3)12-13(19)4-5-14-15-6-7-17(20(15,2)10-8-16(14)19)29-30(27,28)21(22,23)24/h7,13-16H,4-6,8-12H2,1-3H3/t13-,14-,15-,16-,19-,20-/m0/s1. The Hall–Kier alpha value is -1.25. The molecule has 0 radical (unpaired) electrons. The van der Waals surface area contributed by atoms with E-state index in [1.54, 1.807) is 6.08 Å². The van der Waals surface area contributed by atoms with Gasteiger partial charge in [-0.05, 0) is 73.7 Å². The molecule has 9 heteroatoms. The molecule has 1 heterocycles. The van der Waals surface area contributed by atoms with Gasteiger partial charge < -0.3 is 9.08 Å². The normalized spacial score (nSPS) is 42.0. The number of allylic oxidation sites excluding steroid dienone is 2. The lowest BCUT2D eigenvalue weighted by Crippen LogP contribution is -2.52. The number of nitrogens with zero attached hydrogens (tertiary/aromatic N) is 1. The lowest BCUT2D eigenvalue weighted by Gasteiger charge is -2.58. The van der Waals surface area contributed by atoms with Gasteiger partial charge in [0.1, 0.15) is 5.76 Å². The van der Waals surface area contributed by atoms with Gasteiger partial charge in [0.15, 0.2) is 0 Å². The second kappa shape index (κ2) is 6.87. The van der Waals surface area contributed by atoms with Crippen molar-refractivity contribution in [2.24, 2.45) is 34.5 Å². The van der Waals surface area contributed by atoms with Gasteiger partial charge in [-0.25, -0.2) is 0 Å². The molecule has 0 unspecified atom stereocenters. The van der Waals surface area contributed by atoms with Crippen molar-refractivity contribution in [3.8, 4) is 0 Å². The molecule has 3 fully saturated rings. The van der Waals surface area contributed by atoms with Gasteiger partial charge in [0.2, 0.25) is 5.91 Å². The number of carbonyl (C=O) groups excluding carboxylic acids is 1. The van der Waals surface area contributed by atoms with Gasteiger partial charge in [0.25, 0.3) is 0 Å². The van der Waals surface area contributed by atoms with Crippen molar-refractivity contribution in [3.05, 3.63) is 11.8 Å². The average molecular weight is 450 g/mol. The second-order valence-corrected chi connectivity index (χ2v) is 11.7. The van der Waals surface area contributed by atoms with E-state index in [9.17, 15) is 26.4 Å². The maximum atomic E-state index is 12.9. The summed E-state index contributed by atoms with van der Waals surface area (Å²) in [5, 5.41) is 0. The Kier molecular flexibility index (Phi) is 5.03. The zero-order chi connectivity index (χ0) is 22.1. The zero-order valence-corrected chi connectivity index (χ0v) is 18.5. The molecule has 2 saturated carbocycles. The Morgan fingerprint density at radius 3 is 2.50 bits per heavy atom. The minimum absolute atomic E-state index is 0.0202. The number of hydrogen-bond acceptors (Lipinski definition) is 4. The van der Waals surface area contributed by atoms with Gasteiger partial charge in [-0.15, -0.1) is 0 Å². The van der Waals surface area contributed by atoms with Gasteiger partial charge in [0.05, 0.1) is 0 Å². The highest BCUT2D eigenvalue weighted by Crippen LogP contribution is 2.65. The highest BCUT2D eigenvalue weighted by atomic mass is 32.2. The van der Waals surface area contributed by atoms with Crippen LogP contribution in [0.1, 0.15) is 58.8 Å². The molecule has 0 spiro atoms. The van der Waals surface area contributed by atoms with Crippen LogP contribution in [0.2, 0.25) is 0 Å². The number of amides is 1. The lowest BCUT2D eigenvalue weighted by molar-refractivity contribution is -0.129. The van der Waals surface area contributed by atoms with Crippen LogP contribution < -0.4 is 0 Å². The summed E-state index contributed by atoms with van der Waals surface area (Å²) < 4.78 is 66.5. The van der Waals surface area contributed by atoms with Crippen molar-refractivity contribution in [2.75, 3.05) is 13.6 Å². The third kappa shape index (κ3) is 3.17. The summed E-state index contributed by atoms with van der Waals surface area (Å²) in [7, 11) is -3.79.